The van der Waals surface area contributed by atoms with Gasteiger partial charge in [-0.05, 0) is 43.0 Å². The number of piperidine rings is 1. The summed E-state index contributed by atoms with van der Waals surface area (Å²) in [5, 5.41) is 12.9. The Balaban J connectivity index is 2.04. The van der Waals surface area contributed by atoms with Crippen LogP contribution in [0.1, 0.15) is 37.0 Å². The predicted octanol–water partition coefficient (Wildman–Crippen LogP) is 2.08. The van der Waals surface area contributed by atoms with E-state index in [2.05, 4.69) is 5.32 Å². The van der Waals surface area contributed by atoms with Crippen LogP contribution >= 0.6 is 11.6 Å². The van der Waals surface area contributed by atoms with Gasteiger partial charge in [0.05, 0.1) is 6.10 Å². The van der Waals surface area contributed by atoms with E-state index in [1.165, 1.54) is 0 Å². The van der Waals surface area contributed by atoms with Gasteiger partial charge in [0.2, 0.25) is 5.91 Å². The highest BCUT2D eigenvalue weighted by Gasteiger charge is 2.30. The third kappa shape index (κ3) is 4.69. The van der Waals surface area contributed by atoms with E-state index >= 15 is 0 Å². The molecular formula is C17H23ClN2O3. The molecule has 0 saturated carbocycles. The Morgan fingerprint density at radius 2 is 1.78 bits per heavy atom. The fraction of sp³-hybridized carbons (Fsp3) is 0.529. The predicted molar refractivity (Wildman–Crippen MR) is 89.4 cm³/mol. The molecule has 0 radical (unpaired) electrons. The lowest BCUT2D eigenvalue weighted by molar-refractivity contribution is -0.136. The van der Waals surface area contributed by atoms with E-state index < -0.39 is 6.04 Å². The Morgan fingerprint density at radius 3 is 2.30 bits per heavy atom. The van der Waals surface area contributed by atoms with Gasteiger partial charge >= 0.3 is 0 Å². The number of likely N-dealkylation sites (tertiary alicyclic amines) is 1. The zero-order valence-electron chi connectivity index (χ0n) is 13.5. The first-order valence-electron chi connectivity index (χ1n) is 7.91. The van der Waals surface area contributed by atoms with Crippen molar-refractivity contribution in [3.8, 4) is 0 Å². The van der Waals surface area contributed by atoms with Crippen molar-refractivity contribution >= 4 is 23.4 Å². The van der Waals surface area contributed by atoms with E-state index in [0.29, 0.717) is 36.5 Å². The van der Waals surface area contributed by atoms with Crippen molar-refractivity contribution in [2.45, 2.75) is 38.8 Å². The number of halogens is 1. The lowest BCUT2D eigenvalue weighted by Gasteiger charge is -2.34. The molecule has 126 valence electrons. The van der Waals surface area contributed by atoms with Gasteiger partial charge in [0.25, 0.3) is 5.91 Å². The van der Waals surface area contributed by atoms with Gasteiger partial charge in [-0.3, -0.25) is 9.59 Å². The standard InChI is InChI=1S/C17H23ClN2O3/c1-11(2)15(17(23)20-9-7-14(21)8-10-20)19-16(22)12-3-5-13(18)6-4-12/h3-6,11,14-15,21H,7-10H2,1-2H3,(H,19,22). The molecule has 0 aromatic heterocycles. The van der Waals surface area contributed by atoms with E-state index in [1.807, 2.05) is 13.8 Å². The fourth-order valence-electron chi connectivity index (χ4n) is 2.62. The molecule has 1 atom stereocenters. The number of nitrogens with one attached hydrogen (secondary N) is 1. The Labute approximate surface area is 141 Å². The lowest BCUT2D eigenvalue weighted by atomic mass is 10.00. The van der Waals surface area contributed by atoms with Gasteiger partial charge in [-0.1, -0.05) is 25.4 Å². The molecule has 1 saturated heterocycles. The largest absolute Gasteiger partial charge is 0.393 e. The van der Waals surface area contributed by atoms with Crippen LogP contribution in [0.2, 0.25) is 5.02 Å². The molecule has 1 aromatic rings. The SMILES string of the molecule is CC(C)C(NC(=O)c1ccc(Cl)cc1)C(=O)N1CCC(O)CC1. The van der Waals surface area contributed by atoms with Crippen molar-refractivity contribution in [2.75, 3.05) is 13.1 Å². The minimum Gasteiger partial charge on any atom is -0.393 e. The van der Waals surface area contributed by atoms with Crippen LogP contribution in [0.4, 0.5) is 0 Å². The third-order valence-corrected chi connectivity index (χ3v) is 4.35. The number of carbonyl (C=O) groups is 2. The van der Waals surface area contributed by atoms with Crippen molar-refractivity contribution < 1.29 is 14.7 Å². The minimum absolute atomic E-state index is 0.0226. The zero-order chi connectivity index (χ0) is 17.0. The molecule has 0 bridgehead atoms. The summed E-state index contributed by atoms with van der Waals surface area (Å²) in [5.41, 5.74) is 0.474. The fourth-order valence-corrected chi connectivity index (χ4v) is 2.75. The maximum Gasteiger partial charge on any atom is 0.251 e. The highest BCUT2D eigenvalue weighted by molar-refractivity contribution is 6.30. The van der Waals surface area contributed by atoms with Gasteiger partial charge in [-0.15, -0.1) is 0 Å². The summed E-state index contributed by atoms with van der Waals surface area (Å²) < 4.78 is 0. The monoisotopic (exact) mass is 338 g/mol. The molecule has 2 rings (SSSR count). The Hall–Kier alpha value is -1.59. The number of rotatable bonds is 4. The molecule has 1 unspecified atom stereocenters. The van der Waals surface area contributed by atoms with E-state index in [9.17, 15) is 14.7 Å². The first kappa shape index (κ1) is 17.8. The smallest absolute Gasteiger partial charge is 0.251 e. The average Bonchev–Trinajstić information content (AvgIpc) is 2.53. The van der Waals surface area contributed by atoms with Crippen LogP contribution in [-0.2, 0) is 4.79 Å². The molecule has 0 spiro atoms. The summed E-state index contributed by atoms with van der Waals surface area (Å²) in [6, 6.07) is 5.99. The second kappa shape index (κ2) is 7.79. The van der Waals surface area contributed by atoms with Crippen LogP contribution in [-0.4, -0.2) is 47.1 Å². The molecule has 23 heavy (non-hydrogen) atoms. The second-order valence-corrected chi connectivity index (χ2v) is 6.69. The van der Waals surface area contributed by atoms with Crippen molar-refractivity contribution in [2.24, 2.45) is 5.92 Å². The van der Waals surface area contributed by atoms with E-state index in [4.69, 9.17) is 11.6 Å². The highest BCUT2D eigenvalue weighted by atomic mass is 35.5. The van der Waals surface area contributed by atoms with Crippen molar-refractivity contribution in [3.63, 3.8) is 0 Å². The Morgan fingerprint density at radius 1 is 1.22 bits per heavy atom. The molecule has 0 aliphatic carbocycles. The molecule has 2 N–H and O–H groups in total. The first-order valence-corrected chi connectivity index (χ1v) is 8.29. The zero-order valence-corrected chi connectivity index (χ0v) is 14.2. The molecule has 6 heteroatoms. The lowest BCUT2D eigenvalue weighted by Crippen LogP contribution is -2.53. The third-order valence-electron chi connectivity index (χ3n) is 4.10. The van der Waals surface area contributed by atoms with Crippen molar-refractivity contribution in [1.82, 2.24) is 10.2 Å². The Bertz CT molecular complexity index is 551. The quantitative estimate of drug-likeness (QED) is 0.883. The average molecular weight is 339 g/mol. The van der Waals surface area contributed by atoms with E-state index in [-0.39, 0.29) is 23.8 Å². The van der Waals surface area contributed by atoms with Gasteiger partial charge in [-0.2, -0.15) is 0 Å². The van der Waals surface area contributed by atoms with Gasteiger partial charge in [-0.25, -0.2) is 0 Å². The van der Waals surface area contributed by atoms with Crippen LogP contribution in [0.15, 0.2) is 24.3 Å². The number of nitrogens with zero attached hydrogens (tertiary/aromatic N) is 1. The number of hydrogen-bond acceptors (Lipinski definition) is 3. The molecule has 1 aliphatic heterocycles. The Kier molecular flexibility index (Phi) is 6.02. The second-order valence-electron chi connectivity index (χ2n) is 6.26. The molecule has 1 aromatic carbocycles. The highest BCUT2D eigenvalue weighted by Crippen LogP contribution is 2.15. The molecule has 1 fully saturated rings. The van der Waals surface area contributed by atoms with Gasteiger partial charge in [0, 0.05) is 23.7 Å². The summed E-state index contributed by atoms with van der Waals surface area (Å²) in [6.07, 6.45) is 0.837. The number of amides is 2. The van der Waals surface area contributed by atoms with Crippen LogP contribution < -0.4 is 5.32 Å². The van der Waals surface area contributed by atoms with Gasteiger partial charge in [0.15, 0.2) is 0 Å². The van der Waals surface area contributed by atoms with Crippen LogP contribution in [0, 0.1) is 5.92 Å². The van der Waals surface area contributed by atoms with Crippen molar-refractivity contribution in [3.05, 3.63) is 34.9 Å². The number of aliphatic hydroxyl groups excluding tert-OH is 1. The summed E-state index contributed by atoms with van der Waals surface area (Å²) >= 11 is 5.82. The van der Waals surface area contributed by atoms with Gasteiger partial charge < -0.3 is 15.3 Å². The maximum absolute atomic E-state index is 12.7. The summed E-state index contributed by atoms with van der Waals surface area (Å²) in [7, 11) is 0. The number of hydrogen-bond donors (Lipinski definition) is 2. The van der Waals surface area contributed by atoms with Crippen LogP contribution in [0.3, 0.4) is 0 Å². The molecule has 5 nitrogen and oxygen atoms in total. The van der Waals surface area contributed by atoms with Crippen LogP contribution in [0.25, 0.3) is 0 Å². The normalized spacial score (nSPS) is 17.2. The first-order chi connectivity index (χ1) is 10.9. The number of carbonyl (C=O) groups excluding carboxylic acids is 2. The number of aliphatic hydroxyl groups is 1. The van der Waals surface area contributed by atoms with Gasteiger partial charge in [0.1, 0.15) is 6.04 Å². The summed E-state index contributed by atoms with van der Waals surface area (Å²) in [4.78, 5) is 26.7. The number of benzene rings is 1. The molecule has 2 amide bonds. The molecule has 1 heterocycles. The van der Waals surface area contributed by atoms with E-state index in [1.54, 1.807) is 29.2 Å². The van der Waals surface area contributed by atoms with E-state index in [0.717, 1.165) is 0 Å². The summed E-state index contributed by atoms with van der Waals surface area (Å²) in [5.74, 6) is -0.398. The summed E-state index contributed by atoms with van der Waals surface area (Å²) in [6.45, 7) is 4.87. The molecular weight excluding hydrogens is 316 g/mol. The van der Waals surface area contributed by atoms with Crippen molar-refractivity contribution in [1.29, 1.82) is 0 Å². The molecule has 1 aliphatic rings. The topological polar surface area (TPSA) is 69.6 Å². The minimum atomic E-state index is -0.576. The van der Waals surface area contributed by atoms with Crippen LogP contribution in [0.5, 0.6) is 0 Å². The maximum atomic E-state index is 12.7.